The molecule has 0 radical (unpaired) electrons. The highest BCUT2D eigenvalue weighted by Gasteiger charge is 2.59. The number of carbonyl (C=O) groups excluding carboxylic acids is 2. The molecule has 0 aromatic carbocycles. The van der Waals surface area contributed by atoms with E-state index in [1.807, 2.05) is 34.7 Å². The first-order valence-corrected chi connectivity index (χ1v) is 11.7. The van der Waals surface area contributed by atoms with Crippen molar-refractivity contribution in [2.45, 2.75) is 43.7 Å². The van der Waals surface area contributed by atoms with Gasteiger partial charge >= 0.3 is 0 Å². The number of fused-ring (bicyclic) bond motifs is 2. The molecule has 5 atom stereocenters. The second-order valence-corrected chi connectivity index (χ2v) is 9.60. The summed E-state index contributed by atoms with van der Waals surface area (Å²) in [6.07, 6.45) is 4.11. The predicted octanol–water partition coefficient (Wildman–Crippen LogP) is -1.35. The molecule has 2 aromatic heterocycles. The predicted molar refractivity (Wildman–Crippen MR) is 109 cm³/mol. The van der Waals surface area contributed by atoms with Crippen molar-refractivity contribution in [1.82, 2.24) is 9.30 Å². The van der Waals surface area contributed by atoms with E-state index in [9.17, 15) is 24.9 Å². The van der Waals surface area contributed by atoms with E-state index in [4.69, 9.17) is 5.73 Å². The zero-order valence-electron chi connectivity index (χ0n) is 16.8. The number of nitrogens with zero attached hydrogens (tertiary/aromatic N) is 3. The fraction of sp³-hybridized carbons (Fsp3) is 0.526. The molecule has 162 valence electrons. The van der Waals surface area contributed by atoms with Crippen LogP contribution >= 0.6 is 23.1 Å². The molecule has 1 saturated heterocycles. The molecule has 11 heteroatoms. The number of hydrogen-bond donors (Lipinski definition) is 3. The van der Waals surface area contributed by atoms with E-state index >= 15 is 0 Å². The Balaban J connectivity index is 1.79. The standard InChI is InChI=1S/C19H24N4O5S2/c1-8-12(15(19(27)28)23-14(8)13(9(2)24)16(23)26)11-6-22-7-21(5-10(25)4-20)17(29-3)18(22)30-11/h6-10,13-14,24-25H,4-5,20H2,1-3H3/t8-,9?,10+,13-,14-/m1/s1. The summed E-state index contributed by atoms with van der Waals surface area (Å²) in [7, 11) is 0. The molecule has 0 bridgehead atoms. The van der Waals surface area contributed by atoms with Gasteiger partial charge in [-0.05, 0) is 13.2 Å². The molecule has 4 N–H and O–H groups in total. The topological polar surface area (TPSA) is 135 Å². The summed E-state index contributed by atoms with van der Waals surface area (Å²) in [6, 6.07) is -0.383. The lowest BCUT2D eigenvalue weighted by Crippen LogP contribution is -2.64. The first-order valence-electron chi connectivity index (χ1n) is 9.64. The zero-order valence-corrected chi connectivity index (χ0v) is 18.4. The number of thiazole rings is 1. The van der Waals surface area contributed by atoms with E-state index in [1.165, 1.54) is 28.0 Å². The Hall–Kier alpha value is -1.92. The summed E-state index contributed by atoms with van der Waals surface area (Å²) in [6.45, 7) is 3.95. The van der Waals surface area contributed by atoms with Crippen LogP contribution in [-0.4, -0.2) is 62.4 Å². The number of amides is 1. The number of carbonyl (C=O) groups is 2. The Bertz CT molecular complexity index is 1060. The van der Waals surface area contributed by atoms with Crippen molar-refractivity contribution in [3.63, 3.8) is 0 Å². The number of nitrogens with two attached hydrogens (primary N) is 1. The molecule has 9 nitrogen and oxygen atoms in total. The summed E-state index contributed by atoms with van der Waals surface area (Å²) in [5.74, 6) is -2.62. The van der Waals surface area contributed by atoms with Gasteiger partial charge in [-0.1, -0.05) is 30.0 Å². The second kappa shape index (κ2) is 7.65. The first-order chi connectivity index (χ1) is 14.2. The van der Waals surface area contributed by atoms with E-state index < -0.39 is 24.1 Å². The van der Waals surface area contributed by atoms with Crippen LogP contribution in [0.1, 0.15) is 18.7 Å². The van der Waals surface area contributed by atoms with Crippen LogP contribution in [0.5, 0.6) is 0 Å². The highest BCUT2D eigenvalue weighted by Crippen LogP contribution is 2.51. The number of aliphatic carboxylic acids is 1. The van der Waals surface area contributed by atoms with Crippen LogP contribution in [-0.2, 0) is 16.1 Å². The van der Waals surface area contributed by atoms with Gasteiger partial charge in [-0.25, -0.2) is 4.57 Å². The van der Waals surface area contributed by atoms with Crippen molar-refractivity contribution in [1.29, 1.82) is 0 Å². The molecule has 0 aliphatic carbocycles. The number of carboxylic acid groups (broad SMARTS) is 1. The molecule has 1 amide bonds. The fourth-order valence-corrected chi connectivity index (χ4v) is 6.77. The Morgan fingerprint density at radius 2 is 2.17 bits per heavy atom. The Labute approximate surface area is 181 Å². The van der Waals surface area contributed by atoms with Gasteiger partial charge in [-0.3, -0.25) is 4.79 Å². The minimum atomic E-state index is -1.39. The van der Waals surface area contributed by atoms with Gasteiger partial charge < -0.3 is 30.7 Å². The minimum Gasteiger partial charge on any atom is -0.543 e. The molecule has 0 spiro atoms. The maximum Gasteiger partial charge on any atom is 0.250 e. The molecule has 2 aliphatic heterocycles. The molecule has 1 fully saturated rings. The van der Waals surface area contributed by atoms with E-state index in [0.29, 0.717) is 12.1 Å². The third-order valence-corrected chi connectivity index (χ3v) is 8.00. The fourth-order valence-electron chi connectivity index (χ4n) is 4.58. The molecule has 2 aliphatic rings. The monoisotopic (exact) mass is 452 g/mol. The van der Waals surface area contributed by atoms with Gasteiger partial charge in [-0.2, -0.15) is 4.40 Å². The molecule has 1 unspecified atom stereocenters. The van der Waals surface area contributed by atoms with Crippen LogP contribution in [0, 0.1) is 11.8 Å². The lowest BCUT2D eigenvalue weighted by atomic mass is 9.77. The molecule has 0 saturated carbocycles. The zero-order chi connectivity index (χ0) is 21.9. The molecule has 4 heterocycles. The summed E-state index contributed by atoms with van der Waals surface area (Å²) in [5, 5.41) is 32.8. The lowest BCUT2D eigenvalue weighted by Gasteiger charge is -2.47. The average Bonchev–Trinajstić information content (AvgIpc) is 3.28. The number of β-lactam (4-membered cyclic amide) rings is 1. The molecule has 2 aromatic rings. The highest BCUT2D eigenvalue weighted by molar-refractivity contribution is 7.98. The van der Waals surface area contributed by atoms with Crippen LogP contribution in [0.15, 0.2) is 23.2 Å². The third-order valence-electron chi connectivity index (χ3n) is 5.91. The molecule has 30 heavy (non-hydrogen) atoms. The smallest absolute Gasteiger partial charge is 0.250 e. The number of aromatic nitrogens is 2. The number of carboxylic acids is 1. The van der Waals surface area contributed by atoms with Gasteiger partial charge in [0.25, 0.3) is 6.33 Å². The summed E-state index contributed by atoms with van der Waals surface area (Å²) >= 11 is 2.95. The summed E-state index contributed by atoms with van der Waals surface area (Å²) in [5.41, 5.74) is 5.99. The van der Waals surface area contributed by atoms with Gasteiger partial charge in [0.2, 0.25) is 15.8 Å². The van der Waals surface area contributed by atoms with E-state index in [-0.39, 0.29) is 30.1 Å². The Morgan fingerprint density at radius 3 is 2.73 bits per heavy atom. The second-order valence-electron chi connectivity index (χ2n) is 7.78. The summed E-state index contributed by atoms with van der Waals surface area (Å²) in [4.78, 5) is 27.4. The maximum absolute atomic E-state index is 12.5. The lowest BCUT2D eigenvalue weighted by molar-refractivity contribution is -0.735. The van der Waals surface area contributed by atoms with Crippen molar-refractivity contribution < 1.29 is 29.5 Å². The van der Waals surface area contributed by atoms with E-state index in [2.05, 4.69) is 0 Å². The molecular weight excluding hydrogens is 428 g/mol. The quantitative estimate of drug-likeness (QED) is 0.268. The van der Waals surface area contributed by atoms with Crippen molar-refractivity contribution in [3.8, 4) is 0 Å². The largest absolute Gasteiger partial charge is 0.543 e. The summed E-state index contributed by atoms with van der Waals surface area (Å²) < 4.78 is 3.81. The number of rotatable bonds is 7. The SMILES string of the molecule is CSc1c2sc(C3=C(C(=O)[O-])N4C(=O)[C@H](C(C)O)[C@H]4[C@@H]3C)cn2c[n+]1C[C@@H](O)CN. The number of hydrogen-bond acceptors (Lipinski definition) is 8. The average molecular weight is 453 g/mol. The first kappa shape index (κ1) is 21.3. The van der Waals surface area contributed by atoms with Gasteiger partial charge in [0.1, 0.15) is 18.8 Å². The Morgan fingerprint density at radius 1 is 1.47 bits per heavy atom. The molecule has 4 rings (SSSR count). The number of aliphatic hydroxyl groups is 2. The van der Waals surface area contributed by atoms with Crippen molar-refractivity contribution in [3.05, 3.63) is 23.1 Å². The van der Waals surface area contributed by atoms with Crippen LogP contribution in [0.3, 0.4) is 0 Å². The minimum absolute atomic E-state index is 0.101. The van der Waals surface area contributed by atoms with Crippen molar-refractivity contribution >= 4 is 45.4 Å². The van der Waals surface area contributed by atoms with Crippen LogP contribution in [0.4, 0.5) is 0 Å². The normalized spacial score (nSPS) is 25.6. The van der Waals surface area contributed by atoms with Gasteiger partial charge in [0.05, 0.1) is 34.6 Å². The maximum atomic E-state index is 12.5. The van der Waals surface area contributed by atoms with E-state index in [1.54, 1.807) is 6.92 Å². The number of aliphatic hydroxyl groups excluding tert-OH is 2. The molecular formula is C19H24N4O5S2. The van der Waals surface area contributed by atoms with Gasteiger partial charge in [0.15, 0.2) is 0 Å². The highest BCUT2D eigenvalue weighted by atomic mass is 32.2. The van der Waals surface area contributed by atoms with Crippen molar-refractivity contribution in [2.24, 2.45) is 17.6 Å². The number of thioether (sulfide) groups is 1. The van der Waals surface area contributed by atoms with Crippen molar-refractivity contribution in [2.75, 3.05) is 12.8 Å². The van der Waals surface area contributed by atoms with Crippen LogP contribution < -0.4 is 15.4 Å². The van der Waals surface area contributed by atoms with Gasteiger partial charge in [0, 0.05) is 18.0 Å². The Kier molecular flexibility index (Phi) is 5.43. The van der Waals surface area contributed by atoms with E-state index in [0.717, 1.165) is 14.7 Å². The number of imidazole rings is 1. The van der Waals surface area contributed by atoms with Crippen LogP contribution in [0.25, 0.3) is 10.4 Å². The van der Waals surface area contributed by atoms with Gasteiger partial charge in [-0.15, -0.1) is 0 Å². The third kappa shape index (κ3) is 2.99. The van der Waals surface area contributed by atoms with Crippen LogP contribution in [0.2, 0.25) is 0 Å².